The normalized spacial score (nSPS) is 4.50. The van der Waals surface area contributed by atoms with E-state index in [-0.39, 0.29) is 0 Å². The molecule has 0 rings (SSSR count). The molecule has 0 unspecified atom stereocenters. The summed E-state index contributed by atoms with van der Waals surface area (Å²) < 4.78 is 3.06. The Morgan fingerprint density at radius 3 is 2.25 bits per heavy atom. The fourth-order valence-corrected chi connectivity index (χ4v) is 0. The third kappa shape index (κ3) is 2.00. The van der Waals surface area contributed by atoms with Crippen LogP contribution in [0.2, 0.25) is 0 Å². The van der Waals surface area contributed by atoms with Gasteiger partial charge in [-0.1, -0.05) is 0 Å². The van der Waals surface area contributed by atoms with Crippen molar-refractivity contribution in [3.63, 3.8) is 0 Å². The Bertz CT molecular complexity index is 46.0. The Morgan fingerprint density at radius 1 is 2.00 bits per heavy atom. The van der Waals surface area contributed by atoms with Crippen LogP contribution >= 0.6 is 0 Å². The van der Waals surface area contributed by atoms with Gasteiger partial charge in [0.25, 0.3) is 0 Å². The van der Waals surface area contributed by atoms with E-state index < -0.39 is 0 Å². The van der Waals surface area contributed by atoms with Gasteiger partial charge in [0, 0.05) is 0 Å². The van der Waals surface area contributed by atoms with Gasteiger partial charge in [-0.25, -0.2) is 0 Å². The van der Waals surface area contributed by atoms with Gasteiger partial charge >= 0.3 is 33.2 Å². The molecule has 0 heterocycles. The van der Waals surface area contributed by atoms with Crippen molar-refractivity contribution in [1.82, 2.24) is 0 Å². The first-order valence-corrected chi connectivity index (χ1v) is 2.07. The maximum absolute atomic E-state index is 8.91. The van der Waals surface area contributed by atoms with Crippen LogP contribution < -0.4 is 0 Å². The zero-order chi connectivity index (χ0) is 3.41. The van der Waals surface area contributed by atoms with E-state index in [4.69, 9.17) is 4.79 Å². The molecule has 0 aliphatic heterocycles. The summed E-state index contributed by atoms with van der Waals surface area (Å²) in [6.07, 6.45) is 1.36. The van der Waals surface area contributed by atoms with Crippen LogP contribution in [0.1, 0.15) is 0 Å². The Morgan fingerprint density at radius 2 is 2.25 bits per heavy atom. The summed E-state index contributed by atoms with van der Waals surface area (Å²) >= 11 is 0.670. The Kier molecular flexibility index (Phi) is 3.01. The van der Waals surface area contributed by atoms with Gasteiger partial charge in [-0.2, -0.15) is 0 Å². The summed E-state index contributed by atoms with van der Waals surface area (Å²) in [7, 11) is 0. The van der Waals surface area contributed by atoms with Crippen LogP contribution in [0, 0.1) is 0 Å². The molecule has 0 saturated heterocycles. The first-order valence-electron chi connectivity index (χ1n) is 0.744. The molecule has 0 amide bonds. The molecule has 0 radical (unpaired) electrons. The van der Waals surface area contributed by atoms with Crippen LogP contribution in [-0.2, 0) is 23.3 Å². The van der Waals surface area contributed by atoms with E-state index >= 15 is 0 Å². The van der Waals surface area contributed by atoms with Crippen molar-refractivity contribution in [3.05, 3.63) is 0 Å². The zero-order valence-corrected chi connectivity index (χ0v) is 5.03. The molecule has 0 aliphatic carbocycles. The van der Waals surface area contributed by atoms with E-state index in [1.54, 1.807) is 0 Å². The van der Waals surface area contributed by atoms with Crippen LogP contribution in [0.5, 0.6) is 0 Å². The summed E-state index contributed by atoms with van der Waals surface area (Å²) in [6.45, 7) is 0. The van der Waals surface area contributed by atoms with Crippen molar-refractivity contribution in [1.29, 1.82) is 0 Å². The van der Waals surface area contributed by atoms with Crippen LogP contribution in [-0.4, -0.2) is 6.08 Å². The average molecular weight is 107 g/mol. The van der Waals surface area contributed by atoms with Crippen LogP contribution in [0.25, 0.3) is 0 Å². The number of nitrogens with zero attached hydrogens (tertiary/aromatic N) is 1. The second-order valence-electron chi connectivity index (χ2n) is 0.249. The van der Waals surface area contributed by atoms with Crippen molar-refractivity contribution in [3.8, 4) is 0 Å². The standard InChI is InChI=1S/CNO.Zn/c2-1-3;/q-1;+1. The van der Waals surface area contributed by atoms with Crippen molar-refractivity contribution >= 4 is 6.08 Å². The van der Waals surface area contributed by atoms with Crippen molar-refractivity contribution in [2.24, 2.45) is 3.74 Å². The number of hydrogen-bond acceptors (Lipinski definition) is 2. The molecule has 0 aromatic rings. The van der Waals surface area contributed by atoms with E-state index in [1.165, 1.54) is 6.08 Å². The monoisotopic (exact) mass is 106 g/mol. The molecular weight excluding hydrogens is 107 g/mol. The molecule has 17 valence electrons. The van der Waals surface area contributed by atoms with Gasteiger partial charge in [-0.3, -0.25) is 0 Å². The van der Waals surface area contributed by atoms with Gasteiger partial charge in [-0.05, 0) is 0 Å². The number of hydrogen-bond donors (Lipinski definition) is 0. The quantitative estimate of drug-likeness (QED) is 0.239. The molecule has 0 aliphatic rings. The van der Waals surface area contributed by atoms with Gasteiger partial charge in [0.2, 0.25) is 0 Å². The molecule has 0 N–H and O–H groups in total. The fourth-order valence-electron chi connectivity index (χ4n) is 0. The summed E-state index contributed by atoms with van der Waals surface area (Å²) in [5.74, 6) is 0. The molecule has 0 aromatic heterocycles. The second-order valence-corrected chi connectivity index (χ2v) is 0.913. The van der Waals surface area contributed by atoms with E-state index in [1.807, 2.05) is 0 Å². The van der Waals surface area contributed by atoms with Crippen LogP contribution in [0.3, 0.4) is 0 Å². The van der Waals surface area contributed by atoms with Gasteiger partial charge in [0.15, 0.2) is 0 Å². The molecule has 0 fully saturated rings. The van der Waals surface area contributed by atoms with Gasteiger partial charge in [-0.15, -0.1) is 0 Å². The van der Waals surface area contributed by atoms with Gasteiger partial charge < -0.3 is 0 Å². The Hall–Kier alpha value is 0.00338. The Balaban J connectivity index is 3.11. The third-order valence-electron chi connectivity index (χ3n) is 0.0645. The average Bonchev–Trinajstić information content (AvgIpc) is 1.37. The first kappa shape index (κ1) is 4.00. The molecular formula is CNOZn. The predicted octanol–water partition coefficient (Wildman–Crippen LogP) is -0.216. The summed E-state index contributed by atoms with van der Waals surface area (Å²) in [6, 6.07) is 0. The topological polar surface area (TPSA) is 29.4 Å². The van der Waals surface area contributed by atoms with E-state index in [2.05, 4.69) is 3.74 Å². The molecule has 0 bridgehead atoms. The van der Waals surface area contributed by atoms with Crippen molar-refractivity contribution in [2.75, 3.05) is 0 Å². The first-order chi connectivity index (χ1) is 1.91. The fraction of sp³-hybridized carbons (Fsp3) is 0. The molecule has 0 atom stereocenters. The van der Waals surface area contributed by atoms with E-state index in [0.717, 1.165) is 0 Å². The van der Waals surface area contributed by atoms with Crippen molar-refractivity contribution < 1.29 is 23.3 Å². The second kappa shape index (κ2) is 3.00. The molecule has 3 heteroatoms. The maximum atomic E-state index is 8.91. The summed E-state index contributed by atoms with van der Waals surface area (Å²) in [4.78, 5) is 8.91. The van der Waals surface area contributed by atoms with E-state index in [9.17, 15) is 0 Å². The summed E-state index contributed by atoms with van der Waals surface area (Å²) in [5, 5.41) is 0. The Labute approximate surface area is 33.9 Å². The third-order valence-corrected chi connectivity index (χ3v) is 0.335. The van der Waals surface area contributed by atoms with Crippen molar-refractivity contribution in [2.45, 2.75) is 0 Å². The minimum absolute atomic E-state index is 0.670. The minimum atomic E-state index is 0.670. The zero-order valence-electron chi connectivity index (χ0n) is 2.06. The van der Waals surface area contributed by atoms with Crippen LogP contribution in [0.4, 0.5) is 0 Å². The molecule has 0 aromatic carbocycles. The molecule has 0 spiro atoms. The van der Waals surface area contributed by atoms with Crippen LogP contribution in [0.15, 0.2) is 3.74 Å². The van der Waals surface area contributed by atoms with Gasteiger partial charge in [0.1, 0.15) is 0 Å². The SMILES string of the molecule is O=C=[N][Zn]. The number of isocyanates is 1. The predicted molar refractivity (Wildman–Crippen MR) is 8.12 cm³/mol. The molecule has 4 heavy (non-hydrogen) atoms. The molecule has 2 nitrogen and oxygen atoms in total. The number of rotatable bonds is 0. The number of carbonyl (C=O) groups excluding carboxylic acids is 1. The molecule has 0 saturated carbocycles. The van der Waals surface area contributed by atoms with Gasteiger partial charge in [0.05, 0.1) is 0 Å². The van der Waals surface area contributed by atoms with E-state index in [0.29, 0.717) is 18.5 Å². The summed E-state index contributed by atoms with van der Waals surface area (Å²) in [5.41, 5.74) is 0.